The molecule has 9 heteroatoms. The van der Waals surface area contributed by atoms with Gasteiger partial charge in [0.2, 0.25) is 5.91 Å². The molecule has 1 aromatic carbocycles. The second-order valence-electron chi connectivity index (χ2n) is 6.79. The largest absolute Gasteiger partial charge is 0.349 e. The maximum absolute atomic E-state index is 13.4. The third-order valence-corrected chi connectivity index (χ3v) is 4.60. The number of likely N-dealkylation sites (tertiary alicyclic amines) is 1. The minimum absolute atomic E-state index is 0.315. The van der Waals surface area contributed by atoms with Crippen molar-refractivity contribution < 1.29 is 18.4 Å². The fourth-order valence-electron chi connectivity index (χ4n) is 3.12. The minimum Gasteiger partial charge on any atom is -0.349 e. The van der Waals surface area contributed by atoms with Crippen molar-refractivity contribution in [1.82, 2.24) is 14.8 Å². The fourth-order valence-corrected chi connectivity index (χ4v) is 3.12. The number of nitrogens with zero attached hydrogens (tertiary/aromatic N) is 4. The normalized spacial score (nSPS) is 17.4. The summed E-state index contributed by atoms with van der Waals surface area (Å²) >= 11 is 0. The van der Waals surface area contributed by atoms with E-state index < -0.39 is 43.3 Å². The molecule has 2 heterocycles. The number of rotatable bonds is 5. The van der Waals surface area contributed by atoms with Crippen LogP contribution in [0.25, 0.3) is 0 Å². The predicted octanol–water partition coefficient (Wildman–Crippen LogP) is 1.90. The topological polar surface area (TPSA) is 102 Å². The van der Waals surface area contributed by atoms with Gasteiger partial charge in [0.15, 0.2) is 0 Å². The molecule has 2 aromatic rings. The van der Waals surface area contributed by atoms with E-state index in [0.29, 0.717) is 17.7 Å². The van der Waals surface area contributed by atoms with Crippen molar-refractivity contribution in [3.05, 3.63) is 59.4 Å². The number of nitriles is 2. The molecule has 148 valence electrons. The van der Waals surface area contributed by atoms with Crippen LogP contribution in [0.5, 0.6) is 0 Å². The summed E-state index contributed by atoms with van der Waals surface area (Å²) < 4.78 is 28.6. The van der Waals surface area contributed by atoms with Crippen molar-refractivity contribution >= 4 is 11.8 Å². The Bertz CT molecular complexity index is 1000. The molecule has 1 atom stereocenters. The number of benzene rings is 1. The monoisotopic (exact) mass is 397 g/mol. The van der Waals surface area contributed by atoms with E-state index in [2.05, 4.69) is 5.32 Å². The molecule has 0 radical (unpaired) electrons. The highest BCUT2D eigenvalue weighted by Crippen LogP contribution is 2.31. The highest BCUT2D eigenvalue weighted by Gasteiger charge is 2.47. The molecule has 1 saturated heterocycles. The number of halogens is 2. The molecule has 0 saturated carbocycles. The van der Waals surface area contributed by atoms with Gasteiger partial charge >= 0.3 is 0 Å². The van der Waals surface area contributed by atoms with Crippen LogP contribution in [0.4, 0.5) is 8.78 Å². The van der Waals surface area contributed by atoms with Gasteiger partial charge in [-0.15, -0.1) is 0 Å². The van der Waals surface area contributed by atoms with Crippen LogP contribution in [0.2, 0.25) is 0 Å². The molecule has 29 heavy (non-hydrogen) atoms. The third kappa shape index (κ3) is 4.77. The number of hydrogen-bond donors (Lipinski definition) is 1. The van der Waals surface area contributed by atoms with E-state index in [9.17, 15) is 18.4 Å². The molecule has 1 fully saturated rings. The van der Waals surface area contributed by atoms with Gasteiger partial charge in [-0.05, 0) is 23.8 Å². The molecule has 0 bridgehead atoms. The van der Waals surface area contributed by atoms with E-state index >= 15 is 0 Å². The minimum atomic E-state index is -3.09. The van der Waals surface area contributed by atoms with Crippen LogP contribution in [-0.4, -0.2) is 46.3 Å². The number of carbonyl (C=O) groups excluding carboxylic acids is 2. The zero-order valence-electron chi connectivity index (χ0n) is 15.3. The molecule has 1 N–H and O–H groups in total. The average Bonchev–Trinajstić information content (AvgIpc) is 3.30. The number of hydrogen-bond acceptors (Lipinski definition) is 4. The molecule has 7 nitrogen and oxygen atoms in total. The molecule has 0 unspecified atom stereocenters. The van der Waals surface area contributed by atoms with Crippen molar-refractivity contribution in [2.75, 3.05) is 13.1 Å². The van der Waals surface area contributed by atoms with Crippen LogP contribution >= 0.6 is 0 Å². The van der Waals surface area contributed by atoms with Gasteiger partial charge in [-0.25, -0.2) is 8.78 Å². The van der Waals surface area contributed by atoms with Crippen molar-refractivity contribution in [3.8, 4) is 12.1 Å². The van der Waals surface area contributed by atoms with Gasteiger partial charge in [0.1, 0.15) is 6.04 Å². The summed E-state index contributed by atoms with van der Waals surface area (Å²) in [4.78, 5) is 25.2. The van der Waals surface area contributed by atoms with E-state index in [1.165, 1.54) is 0 Å². The van der Waals surface area contributed by atoms with Crippen molar-refractivity contribution in [2.24, 2.45) is 0 Å². The van der Waals surface area contributed by atoms with Crippen LogP contribution in [0.1, 0.15) is 27.9 Å². The zero-order chi connectivity index (χ0) is 21.0. The van der Waals surface area contributed by atoms with E-state index in [1.807, 2.05) is 18.2 Å². The van der Waals surface area contributed by atoms with E-state index in [4.69, 9.17) is 10.5 Å². The maximum Gasteiger partial charge on any atom is 0.268 e. The number of carbonyl (C=O) groups is 2. The summed E-state index contributed by atoms with van der Waals surface area (Å²) in [6.07, 6.45) is 2.60. The number of nitrogens with one attached hydrogen (secondary N) is 1. The molecule has 0 spiro atoms. The van der Waals surface area contributed by atoms with Crippen LogP contribution in [0.3, 0.4) is 0 Å². The first kappa shape index (κ1) is 20.0. The smallest absolute Gasteiger partial charge is 0.268 e. The lowest BCUT2D eigenvalue weighted by atomic mass is 10.1. The van der Waals surface area contributed by atoms with Gasteiger partial charge in [0.25, 0.3) is 11.8 Å². The van der Waals surface area contributed by atoms with Gasteiger partial charge in [0.05, 0.1) is 36.4 Å². The predicted molar refractivity (Wildman–Crippen MR) is 97.7 cm³/mol. The lowest BCUT2D eigenvalue weighted by Crippen LogP contribution is -2.42. The first-order chi connectivity index (χ1) is 13.8. The highest BCUT2D eigenvalue weighted by atomic mass is 19.3. The Labute approximate surface area is 165 Å². The number of aromatic nitrogens is 1. The molecule has 3 rings (SSSR count). The zero-order valence-corrected chi connectivity index (χ0v) is 15.3. The Morgan fingerprint density at radius 2 is 1.93 bits per heavy atom. The second-order valence-corrected chi connectivity index (χ2v) is 6.79. The Balaban J connectivity index is 1.55. The highest BCUT2D eigenvalue weighted by molar-refractivity contribution is 5.96. The molecule has 0 aliphatic carbocycles. The van der Waals surface area contributed by atoms with E-state index in [-0.39, 0.29) is 0 Å². The fraction of sp³-hybridized carbons (Fsp3) is 0.300. The first-order valence-electron chi connectivity index (χ1n) is 8.81. The van der Waals surface area contributed by atoms with E-state index in [1.54, 1.807) is 41.2 Å². The van der Waals surface area contributed by atoms with Gasteiger partial charge < -0.3 is 14.8 Å². The Hall–Kier alpha value is -3.72. The molecule has 1 aromatic heterocycles. The lowest BCUT2D eigenvalue weighted by Gasteiger charge is -2.19. The van der Waals surface area contributed by atoms with E-state index in [0.717, 1.165) is 10.5 Å². The Morgan fingerprint density at radius 3 is 2.59 bits per heavy atom. The Morgan fingerprint density at radius 1 is 1.21 bits per heavy atom. The van der Waals surface area contributed by atoms with Gasteiger partial charge in [-0.1, -0.05) is 12.1 Å². The lowest BCUT2D eigenvalue weighted by molar-refractivity contribution is -0.131. The van der Waals surface area contributed by atoms with Crippen LogP contribution in [0, 0.1) is 22.7 Å². The Kier molecular flexibility index (Phi) is 5.60. The maximum atomic E-state index is 13.4. The standard InChI is InChI=1S/C20H17F2N5O2/c21-20(22)7-17(9-24)27(13-20)18(28)10-25-19(29)16-5-6-26(12-16)11-15-3-1-14(8-23)2-4-15/h1-6,12,17H,7,10-11,13H2,(H,25,29)/t17-/m0/s1. The summed E-state index contributed by atoms with van der Waals surface area (Å²) in [6, 6.07) is 11.2. The second kappa shape index (κ2) is 8.11. The van der Waals surface area contributed by atoms with Crippen LogP contribution in [0.15, 0.2) is 42.7 Å². The molecule has 1 aliphatic rings. The summed E-state index contributed by atoms with van der Waals surface area (Å²) in [5, 5.41) is 20.2. The molecular formula is C20H17F2N5O2. The van der Waals surface area contributed by atoms with Gasteiger partial charge in [-0.3, -0.25) is 9.59 Å². The number of amides is 2. The molecule has 1 aliphatic heterocycles. The summed E-state index contributed by atoms with van der Waals surface area (Å²) in [5.74, 6) is -4.33. The third-order valence-electron chi connectivity index (χ3n) is 4.60. The average molecular weight is 397 g/mol. The number of alkyl halides is 2. The van der Waals surface area contributed by atoms with Crippen LogP contribution in [-0.2, 0) is 11.3 Å². The van der Waals surface area contributed by atoms with Crippen molar-refractivity contribution in [3.63, 3.8) is 0 Å². The SMILES string of the molecule is N#Cc1ccc(Cn2ccc(C(=O)NCC(=O)N3CC(F)(F)C[C@H]3C#N)c2)cc1. The summed E-state index contributed by atoms with van der Waals surface area (Å²) in [6.45, 7) is -0.792. The van der Waals surface area contributed by atoms with Gasteiger partial charge in [0, 0.05) is 25.4 Å². The first-order valence-corrected chi connectivity index (χ1v) is 8.81. The summed E-state index contributed by atoms with van der Waals surface area (Å²) in [7, 11) is 0. The summed E-state index contributed by atoms with van der Waals surface area (Å²) in [5.41, 5.74) is 1.81. The quantitative estimate of drug-likeness (QED) is 0.832. The van der Waals surface area contributed by atoms with Crippen molar-refractivity contribution in [2.45, 2.75) is 24.9 Å². The van der Waals surface area contributed by atoms with Gasteiger partial charge in [-0.2, -0.15) is 10.5 Å². The van der Waals surface area contributed by atoms with Crippen LogP contribution < -0.4 is 5.32 Å². The molecule has 2 amide bonds. The molecular weight excluding hydrogens is 380 g/mol. The van der Waals surface area contributed by atoms with Crippen molar-refractivity contribution in [1.29, 1.82) is 10.5 Å².